The van der Waals surface area contributed by atoms with E-state index < -0.39 is 12.2 Å². The second-order valence-corrected chi connectivity index (χ2v) is 3.99. The fourth-order valence-electron chi connectivity index (χ4n) is 1.54. The van der Waals surface area contributed by atoms with Crippen molar-refractivity contribution in [2.45, 2.75) is 12.2 Å². The number of hydrogen-bond donors (Lipinski definition) is 3. The first-order chi connectivity index (χ1) is 7.72. The third-order valence-corrected chi connectivity index (χ3v) is 2.85. The molecule has 0 bridgehead atoms. The lowest BCUT2D eigenvalue weighted by Gasteiger charge is -2.15. The zero-order chi connectivity index (χ0) is 11.5. The largest absolute Gasteiger partial charge is 0.389 e. The lowest BCUT2D eigenvalue weighted by Crippen LogP contribution is -2.20. The smallest absolute Gasteiger partial charge is 0.123 e. The van der Waals surface area contributed by atoms with E-state index in [0.29, 0.717) is 5.69 Å². The second-order valence-electron chi connectivity index (χ2n) is 3.62. The fourth-order valence-corrected chi connectivity index (χ4v) is 1.74. The van der Waals surface area contributed by atoms with Gasteiger partial charge in [0.1, 0.15) is 6.10 Å². The summed E-state index contributed by atoms with van der Waals surface area (Å²) in [6.45, 7) is 0. The summed E-state index contributed by atoms with van der Waals surface area (Å²) >= 11 is 3.94. The summed E-state index contributed by atoms with van der Waals surface area (Å²) in [6, 6.07) is 11.3. The van der Waals surface area contributed by atoms with Crippen molar-refractivity contribution in [1.29, 1.82) is 0 Å². The van der Waals surface area contributed by atoms with Gasteiger partial charge in [-0.05, 0) is 12.1 Å². The zero-order valence-electron chi connectivity index (χ0n) is 8.61. The van der Waals surface area contributed by atoms with Gasteiger partial charge in [0, 0.05) is 11.1 Å². The van der Waals surface area contributed by atoms with Gasteiger partial charge in [0.15, 0.2) is 0 Å². The van der Waals surface area contributed by atoms with E-state index in [1.54, 1.807) is 6.07 Å². The van der Waals surface area contributed by atoms with Crippen molar-refractivity contribution in [3.05, 3.63) is 42.1 Å². The van der Waals surface area contributed by atoms with Crippen LogP contribution < -0.4 is 0 Å². The Labute approximate surface area is 99.2 Å². The van der Waals surface area contributed by atoms with Crippen LogP contribution in [0.15, 0.2) is 36.4 Å². The van der Waals surface area contributed by atoms with Crippen molar-refractivity contribution < 1.29 is 10.2 Å². The van der Waals surface area contributed by atoms with Crippen LogP contribution in [0.4, 0.5) is 0 Å². The highest BCUT2D eigenvalue weighted by Crippen LogP contribution is 2.19. The van der Waals surface area contributed by atoms with Gasteiger partial charge in [-0.2, -0.15) is 12.6 Å². The van der Waals surface area contributed by atoms with Gasteiger partial charge in [-0.15, -0.1) is 0 Å². The monoisotopic (exact) mass is 235 g/mol. The van der Waals surface area contributed by atoms with Crippen LogP contribution in [0.25, 0.3) is 10.9 Å². The quantitative estimate of drug-likeness (QED) is 0.708. The van der Waals surface area contributed by atoms with Gasteiger partial charge >= 0.3 is 0 Å². The van der Waals surface area contributed by atoms with Gasteiger partial charge in [0.2, 0.25) is 0 Å². The molecule has 0 spiro atoms. The lowest BCUT2D eigenvalue weighted by atomic mass is 10.1. The summed E-state index contributed by atoms with van der Waals surface area (Å²) in [5, 5.41) is 20.3. The predicted octanol–water partition coefficient (Wildman–Crippen LogP) is 1.56. The molecule has 84 valence electrons. The van der Waals surface area contributed by atoms with Gasteiger partial charge in [-0.3, -0.25) is 0 Å². The van der Waals surface area contributed by atoms with E-state index in [2.05, 4.69) is 17.6 Å². The third kappa shape index (κ3) is 2.19. The number of fused-ring (bicyclic) bond motifs is 1. The van der Waals surface area contributed by atoms with Gasteiger partial charge < -0.3 is 10.2 Å². The molecule has 0 saturated heterocycles. The molecule has 0 aliphatic heterocycles. The molecule has 1 aromatic carbocycles. The van der Waals surface area contributed by atoms with E-state index in [4.69, 9.17) is 0 Å². The summed E-state index contributed by atoms with van der Waals surface area (Å²) in [5.74, 6) is 0.204. The zero-order valence-corrected chi connectivity index (χ0v) is 9.51. The number of aliphatic hydroxyl groups is 2. The number of pyridine rings is 1. The van der Waals surface area contributed by atoms with Crippen molar-refractivity contribution in [3.63, 3.8) is 0 Å². The van der Waals surface area contributed by atoms with Gasteiger partial charge in [0.25, 0.3) is 0 Å². The average Bonchev–Trinajstić information content (AvgIpc) is 2.36. The Morgan fingerprint density at radius 1 is 1.12 bits per heavy atom. The Kier molecular flexibility index (Phi) is 3.43. The second kappa shape index (κ2) is 4.82. The van der Waals surface area contributed by atoms with Crippen LogP contribution in [0, 0.1) is 0 Å². The molecule has 2 N–H and O–H groups in total. The van der Waals surface area contributed by atoms with Crippen LogP contribution in [-0.2, 0) is 0 Å². The number of rotatable bonds is 3. The first-order valence-corrected chi connectivity index (χ1v) is 5.68. The van der Waals surface area contributed by atoms with Crippen LogP contribution >= 0.6 is 12.6 Å². The van der Waals surface area contributed by atoms with E-state index in [9.17, 15) is 10.2 Å². The van der Waals surface area contributed by atoms with E-state index >= 15 is 0 Å². The van der Waals surface area contributed by atoms with Crippen LogP contribution in [0.3, 0.4) is 0 Å². The molecule has 3 nitrogen and oxygen atoms in total. The molecule has 1 aromatic heterocycles. The number of aliphatic hydroxyl groups excluding tert-OH is 2. The average molecular weight is 235 g/mol. The van der Waals surface area contributed by atoms with Crippen LogP contribution in [0.2, 0.25) is 0 Å². The number of thiol groups is 1. The third-order valence-electron chi connectivity index (χ3n) is 2.47. The summed E-state index contributed by atoms with van der Waals surface area (Å²) in [4.78, 5) is 4.30. The molecule has 2 unspecified atom stereocenters. The van der Waals surface area contributed by atoms with Crippen LogP contribution in [0.5, 0.6) is 0 Å². The molecule has 0 aliphatic carbocycles. The maximum absolute atomic E-state index is 9.79. The molecular formula is C12H13NO2S. The Morgan fingerprint density at radius 2 is 1.88 bits per heavy atom. The van der Waals surface area contributed by atoms with Crippen molar-refractivity contribution in [1.82, 2.24) is 4.98 Å². The normalized spacial score (nSPS) is 14.9. The minimum Gasteiger partial charge on any atom is -0.389 e. The Bertz CT molecular complexity index is 489. The highest BCUT2D eigenvalue weighted by Gasteiger charge is 2.18. The minimum atomic E-state index is -0.984. The molecule has 2 atom stereocenters. The summed E-state index contributed by atoms with van der Waals surface area (Å²) in [7, 11) is 0. The van der Waals surface area contributed by atoms with E-state index in [0.717, 1.165) is 10.9 Å². The highest BCUT2D eigenvalue weighted by molar-refractivity contribution is 7.80. The number of aromatic nitrogens is 1. The van der Waals surface area contributed by atoms with Crippen LogP contribution in [0.1, 0.15) is 11.8 Å². The summed E-state index contributed by atoms with van der Waals surface area (Å²) in [6.07, 6.45) is -1.88. The van der Waals surface area contributed by atoms with Gasteiger partial charge in [-0.25, -0.2) is 4.98 Å². The molecule has 0 radical (unpaired) electrons. The molecule has 0 fully saturated rings. The van der Waals surface area contributed by atoms with E-state index in [1.165, 1.54) is 0 Å². The molecule has 2 aromatic rings. The first kappa shape index (κ1) is 11.4. The highest BCUT2D eigenvalue weighted by atomic mass is 32.1. The van der Waals surface area contributed by atoms with Crippen molar-refractivity contribution in [2.75, 3.05) is 5.75 Å². The van der Waals surface area contributed by atoms with Crippen molar-refractivity contribution in [3.8, 4) is 0 Å². The molecule has 16 heavy (non-hydrogen) atoms. The number of hydrogen-bond acceptors (Lipinski definition) is 4. The minimum absolute atomic E-state index is 0.204. The molecular weight excluding hydrogens is 222 g/mol. The van der Waals surface area contributed by atoms with E-state index in [1.807, 2.05) is 30.3 Å². The summed E-state index contributed by atoms with van der Waals surface area (Å²) < 4.78 is 0. The van der Waals surface area contributed by atoms with E-state index in [-0.39, 0.29) is 5.75 Å². The predicted molar refractivity (Wildman–Crippen MR) is 66.6 cm³/mol. The Morgan fingerprint density at radius 3 is 2.62 bits per heavy atom. The Hall–Kier alpha value is -1.10. The standard InChI is InChI=1S/C12H13NO2S/c14-11(7-16)12(15)10-6-5-8-3-1-2-4-9(8)13-10/h1-6,11-12,14-16H,7H2. The van der Waals surface area contributed by atoms with Crippen LogP contribution in [-0.4, -0.2) is 27.1 Å². The molecule has 0 saturated carbocycles. The van der Waals surface area contributed by atoms with Crippen molar-refractivity contribution >= 4 is 23.5 Å². The number of nitrogens with zero attached hydrogens (tertiary/aromatic N) is 1. The fraction of sp³-hybridized carbons (Fsp3) is 0.250. The molecule has 4 heteroatoms. The first-order valence-electron chi connectivity index (χ1n) is 5.05. The lowest BCUT2D eigenvalue weighted by molar-refractivity contribution is 0.0312. The van der Waals surface area contributed by atoms with Gasteiger partial charge in [0.05, 0.1) is 17.3 Å². The van der Waals surface area contributed by atoms with Crippen molar-refractivity contribution in [2.24, 2.45) is 0 Å². The molecule has 2 rings (SSSR count). The maximum atomic E-state index is 9.79. The molecule has 0 aliphatic rings. The summed E-state index contributed by atoms with van der Waals surface area (Å²) in [5.41, 5.74) is 1.28. The topological polar surface area (TPSA) is 53.4 Å². The molecule has 1 heterocycles. The number of benzene rings is 1. The SMILES string of the molecule is OC(CS)C(O)c1ccc2ccccc2n1. The Balaban J connectivity index is 2.39. The maximum Gasteiger partial charge on any atom is 0.123 e. The molecule has 0 amide bonds. The van der Waals surface area contributed by atoms with Gasteiger partial charge in [-0.1, -0.05) is 24.3 Å². The number of para-hydroxylation sites is 1.